The Kier molecular flexibility index (Phi) is 6.00. The van der Waals surface area contributed by atoms with E-state index in [1.807, 2.05) is 36.4 Å². The number of Topliss-reactive ketones (excluding diaryl/α,β-unsaturated/α-hetero) is 1. The van der Waals surface area contributed by atoms with E-state index in [4.69, 9.17) is 4.74 Å². The van der Waals surface area contributed by atoms with Crippen molar-refractivity contribution in [2.24, 2.45) is 0 Å². The van der Waals surface area contributed by atoms with Gasteiger partial charge in [-0.15, -0.1) is 0 Å². The quantitative estimate of drug-likeness (QED) is 0.619. The number of rotatable bonds is 7. The summed E-state index contributed by atoms with van der Waals surface area (Å²) in [6.07, 6.45) is 0.767. The molecule has 0 saturated carbocycles. The molecule has 0 saturated heterocycles. The van der Waals surface area contributed by atoms with Crippen molar-refractivity contribution in [3.63, 3.8) is 0 Å². The number of para-hydroxylation sites is 1. The molecule has 3 aromatic carbocycles. The van der Waals surface area contributed by atoms with E-state index < -0.39 is 0 Å². The Labute approximate surface area is 158 Å². The highest BCUT2D eigenvalue weighted by atomic mass is 16.5. The normalized spacial score (nSPS) is 10.3. The standard InChI is InChI=1S/C23H21NO3/c1-17(25)19-11-13-20(14-12-19)24-23(26)21-9-5-6-10-22(21)27-16-15-18-7-3-2-4-8-18/h2-14H,15-16H2,1H3,(H,24,26). The summed E-state index contributed by atoms with van der Waals surface area (Å²) in [5.41, 5.74) is 2.90. The third-order valence-electron chi connectivity index (χ3n) is 4.17. The number of nitrogens with one attached hydrogen (secondary N) is 1. The molecule has 0 aliphatic heterocycles. The SMILES string of the molecule is CC(=O)c1ccc(NC(=O)c2ccccc2OCCc2ccccc2)cc1. The molecular weight excluding hydrogens is 338 g/mol. The monoisotopic (exact) mass is 359 g/mol. The van der Waals surface area contributed by atoms with Crippen molar-refractivity contribution < 1.29 is 14.3 Å². The second kappa shape index (κ2) is 8.81. The van der Waals surface area contributed by atoms with Gasteiger partial charge < -0.3 is 10.1 Å². The van der Waals surface area contributed by atoms with Gasteiger partial charge in [-0.1, -0.05) is 42.5 Å². The zero-order valence-electron chi connectivity index (χ0n) is 15.1. The Morgan fingerprint density at radius 3 is 2.22 bits per heavy atom. The van der Waals surface area contributed by atoms with E-state index in [1.54, 1.807) is 42.5 Å². The minimum atomic E-state index is -0.249. The maximum atomic E-state index is 12.6. The number of benzene rings is 3. The second-order valence-electron chi connectivity index (χ2n) is 6.17. The first-order valence-electron chi connectivity index (χ1n) is 8.81. The van der Waals surface area contributed by atoms with E-state index in [1.165, 1.54) is 12.5 Å². The second-order valence-corrected chi connectivity index (χ2v) is 6.17. The van der Waals surface area contributed by atoms with Crippen molar-refractivity contribution >= 4 is 17.4 Å². The van der Waals surface area contributed by atoms with Gasteiger partial charge in [-0.25, -0.2) is 0 Å². The van der Waals surface area contributed by atoms with Crippen LogP contribution in [-0.2, 0) is 6.42 Å². The molecule has 0 radical (unpaired) electrons. The van der Waals surface area contributed by atoms with Crippen LogP contribution in [0.3, 0.4) is 0 Å². The molecule has 3 aromatic rings. The van der Waals surface area contributed by atoms with Crippen LogP contribution in [0, 0.1) is 0 Å². The summed E-state index contributed by atoms with van der Waals surface area (Å²) in [7, 11) is 0. The van der Waals surface area contributed by atoms with Gasteiger partial charge in [0.1, 0.15) is 5.75 Å². The number of ether oxygens (including phenoxy) is 1. The van der Waals surface area contributed by atoms with Crippen LogP contribution in [0.5, 0.6) is 5.75 Å². The maximum absolute atomic E-state index is 12.6. The summed E-state index contributed by atoms with van der Waals surface area (Å²) >= 11 is 0. The summed E-state index contributed by atoms with van der Waals surface area (Å²) in [6.45, 7) is 2.00. The van der Waals surface area contributed by atoms with Gasteiger partial charge >= 0.3 is 0 Å². The van der Waals surface area contributed by atoms with E-state index in [0.29, 0.717) is 29.2 Å². The topological polar surface area (TPSA) is 55.4 Å². The number of ketones is 1. The first-order chi connectivity index (χ1) is 13.1. The molecule has 0 aliphatic carbocycles. The minimum absolute atomic E-state index is 0.00922. The minimum Gasteiger partial charge on any atom is -0.492 e. The molecular formula is C23H21NO3. The molecule has 27 heavy (non-hydrogen) atoms. The van der Waals surface area contributed by atoms with Crippen LogP contribution in [0.4, 0.5) is 5.69 Å². The average Bonchev–Trinajstić information content (AvgIpc) is 2.69. The fourth-order valence-corrected chi connectivity index (χ4v) is 2.69. The van der Waals surface area contributed by atoms with Crippen molar-refractivity contribution in [1.82, 2.24) is 0 Å². The molecule has 0 spiro atoms. The molecule has 3 rings (SSSR count). The van der Waals surface area contributed by atoms with Crippen molar-refractivity contribution in [2.75, 3.05) is 11.9 Å². The highest BCUT2D eigenvalue weighted by molar-refractivity contribution is 6.06. The Bertz CT molecular complexity index is 918. The number of amides is 1. The molecule has 0 heterocycles. The Morgan fingerprint density at radius 2 is 1.52 bits per heavy atom. The van der Waals surface area contributed by atoms with Gasteiger partial charge in [0.15, 0.2) is 5.78 Å². The fourth-order valence-electron chi connectivity index (χ4n) is 2.69. The first kappa shape index (κ1) is 18.4. The molecule has 4 heteroatoms. The van der Waals surface area contributed by atoms with Crippen LogP contribution in [0.25, 0.3) is 0 Å². The lowest BCUT2D eigenvalue weighted by atomic mass is 10.1. The van der Waals surface area contributed by atoms with E-state index in [-0.39, 0.29) is 11.7 Å². The van der Waals surface area contributed by atoms with Crippen LogP contribution in [0.15, 0.2) is 78.9 Å². The zero-order valence-corrected chi connectivity index (χ0v) is 15.1. The highest BCUT2D eigenvalue weighted by Crippen LogP contribution is 2.20. The van der Waals surface area contributed by atoms with Crippen molar-refractivity contribution in [1.29, 1.82) is 0 Å². The zero-order chi connectivity index (χ0) is 19.1. The third kappa shape index (κ3) is 5.05. The Hall–Kier alpha value is -3.40. The van der Waals surface area contributed by atoms with E-state index in [9.17, 15) is 9.59 Å². The van der Waals surface area contributed by atoms with E-state index >= 15 is 0 Å². The number of hydrogen-bond acceptors (Lipinski definition) is 3. The summed E-state index contributed by atoms with van der Waals surface area (Å²) in [6, 6.07) is 24.1. The van der Waals surface area contributed by atoms with Crippen LogP contribution in [0.1, 0.15) is 33.2 Å². The molecule has 4 nitrogen and oxygen atoms in total. The third-order valence-corrected chi connectivity index (χ3v) is 4.17. The van der Waals surface area contributed by atoms with Gasteiger partial charge in [0, 0.05) is 17.7 Å². The molecule has 0 fully saturated rings. The van der Waals surface area contributed by atoms with Gasteiger partial charge in [0.25, 0.3) is 5.91 Å². The molecule has 0 aromatic heterocycles. The largest absolute Gasteiger partial charge is 0.492 e. The Balaban J connectivity index is 1.65. The van der Waals surface area contributed by atoms with Crippen molar-refractivity contribution in [2.45, 2.75) is 13.3 Å². The molecule has 1 N–H and O–H groups in total. The van der Waals surface area contributed by atoms with E-state index in [0.717, 1.165) is 6.42 Å². The maximum Gasteiger partial charge on any atom is 0.259 e. The van der Waals surface area contributed by atoms with Crippen LogP contribution >= 0.6 is 0 Å². The smallest absolute Gasteiger partial charge is 0.259 e. The predicted molar refractivity (Wildman–Crippen MR) is 106 cm³/mol. The first-order valence-corrected chi connectivity index (χ1v) is 8.81. The van der Waals surface area contributed by atoms with Crippen LogP contribution < -0.4 is 10.1 Å². The fraction of sp³-hybridized carbons (Fsp3) is 0.130. The molecule has 0 atom stereocenters. The lowest BCUT2D eigenvalue weighted by Gasteiger charge is -2.12. The number of anilines is 1. The Morgan fingerprint density at radius 1 is 0.852 bits per heavy atom. The predicted octanol–water partition coefficient (Wildman–Crippen LogP) is 4.76. The molecule has 1 amide bonds. The summed E-state index contributed by atoms with van der Waals surface area (Å²) in [5, 5.41) is 2.84. The lowest BCUT2D eigenvalue weighted by Crippen LogP contribution is -2.14. The van der Waals surface area contributed by atoms with Crippen molar-refractivity contribution in [3.8, 4) is 5.75 Å². The molecule has 0 aliphatic rings. The average molecular weight is 359 g/mol. The summed E-state index contributed by atoms with van der Waals surface area (Å²) in [4.78, 5) is 24.0. The number of carbonyl (C=O) groups is 2. The van der Waals surface area contributed by atoms with Crippen LogP contribution in [0.2, 0.25) is 0 Å². The summed E-state index contributed by atoms with van der Waals surface area (Å²) in [5.74, 6) is 0.289. The van der Waals surface area contributed by atoms with Gasteiger partial charge in [-0.05, 0) is 48.9 Å². The molecule has 136 valence electrons. The van der Waals surface area contributed by atoms with Gasteiger partial charge in [-0.2, -0.15) is 0 Å². The number of hydrogen-bond donors (Lipinski definition) is 1. The van der Waals surface area contributed by atoms with Crippen LogP contribution in [-0.4, -0.2) is 18.3 Å². The number of carbonyl (C=O) groups excluding carboxylic acids is 2. The van der Waals surface area contributed by atoms with Crippen molar-refractivity contribution in [3.05, 3.63) is 95.6 Å². The summed E-state index contributed by atoms with van der Waals surface area (Å²) < 4.78 is 5.85. The lowest BCUT2D eigenvalue weighted by molar-refractivity contribution is 0.101. The molecule has 0 unspecified atom stereocenters. The van der Waals surface area contributed by atoms with E-state index in [2.05, 4.69) is 5.32 Å². The highest BCUT2D eigenvalue weighted by Gasteiger charge is 2.12. The van der Waals surface area contributed by atoms with Gasteiger partial charge in [0.05, 0.1) is 12.2 Å². The van der Waals surface area contributed by atoms with Gasteiger partial charge in [0.2, 0.25) is 0 Å². The van der Waals surface area contributed by atoms with Gasteiger partial charge in [-0.3, -0.25) is 9.59 Å². The molecule has 0 bridgehead atoms.